The minimum Gasteiger partial charge on any atom is -0.207 e. The number of benzene rings is 1. The van der Waals surface area contributed by atoms with Gasteiger partial charge in [-0.15, -0.1) is 14.8 Å². The third-order valence-electron chi connectivity index (χ3n) is 2.15. The van der Waals surface area contributed by atoms with Crippen LogP contribution in [0.2, 0.25) is 0 Å². The van der Waals surface area contributed by atoms with Crippen molar-refractivity contribution in [1.29, 1.82) is 0 Å². The van der Waals surface area contributed by atoms with Gasteiger partial charge in [-0.2, -0.15) is 0 Å². The van der Waals surface area contributed by atoms with Crippen molar-refractivity contribution in [2.24, 2.45) is 0 Å². The lowest BCUT2D eigenvalue weighted by Gasteiger charge is -2.02. The molecule has 1 aromatic carbocycles. The van der Waals surface area contributed by atoms with E-state index in [1.807, 2.05) is 0 Å². The molecule has 0 saturated carbocycles. The molecule has 0 spiro atoms. The van der Waals surface area contributed by atoms with Crippen LogP contribution >= 0.6 is 11.8 Å². The molecule has 3 aromatic rings. The smallest absolute Gasteiger partial charge is 0.200 e. The van der Waals surface area contributed by atoms with E-state index < -0.39 is 11.6 Å². The van der Waals surface area contributed by atoms with Crippen molar-refractivity contribution in [3.63, 3.8) is 0 Å². The third kappa shape index (κ3) is 2.02. The molecular weight excluding hydrogens is 260 g/mol. The van der Waals surface area contributed by atoms with E-state index in [0.717, 1.165) is 17.8 Å². The monoisotopic (exact) mass is 265 g/mol. The van der Waals surface area contributed by atoms with Crippen LogP contribution < -0.4 is 0 Å². The first-order chi connectivity index (χ1) is 8.72. The van der Waals surface area contributed by atoms with Crippen LogP contribution in [-0.2, 0) is 0 Å². The van der Waals surface area contributed by atoms with Gasteiger partial charge >= 0.3 is 0 Å². The summed E-state index contributed by atoms with van der Waals surface area (Å²) in [5, 5.41) is 15.4. The van der Waals surface area contributed by atoms with Crippen molar-refractivity contribution in [1.82, 2.24) is 25.3 Å². The van der Waals surface area contributed by atoms with E-state index in [1.54, 1.807) is 12.1 Å². The molecule has 0 fully saturated rings. The molecule has 90 valence electrons. The topological polar surface area (TPSA) is 56.0 Å². The lowest BCUT2D eigenvalue weighted by atomic mass is 10.3. The van der Waals surface area contributed by atoms with Gasteiger partial charge in [0.05, 0.1) is 0 Å². The Labute approximate surface area is 104 Å². The molecule has 0 aliphatic heterocycles. The average molecular weight is 265 g/mol. The molecule has 0 bridgehead atoms. The molecular formula is C10H5F2N5S. The van der Waals surface area contributed by atoms with Crippen LogP contribution in [0.4, 0.5) is 8.78 Å². The van der Waals surface area contributed by atoms with E-state index >= 15 is 0 Å². The number of aromatic nitrogens is 5. The number of hydrogen-bond donors (Lipinski definition) is 0. The summed E-state index contributed by atoms with van der Waals surface area (Å²) in [6.07, 6.45) is 0. The molecule has 0 saturated heterocycles. The molecule has 8 heteroatoms. The fourth-order valence-electron chi connectivity index (χ4n) is 1.36. The van der Waals surface area contributed by atoms with Crippen molar-refractivity contribution in [2.75, 3.05) is 0 Å². The second-order valence-corrected chi connectivity index (χ2v) is 4.44. The highest BCUT2D eigenvalue weighted by Crippen LogP contribution is 2.28. The number of rotatable bonds is 2. The highest BCUT2D eigenvalue weighted by atomic mass is 32.2. The van der Waals surface area contributed by atoms with Gasteiger partial charge in [0, 0.05) is 11.0 Å². The molecule has 3 rings (SSSR count). The molecule has 18 heavy (non-hydrogen) atoms. The van der Waals surface area contributed by atoms with Crippen LogP contribution in [0.15, 0.2) is 40.3 Å². The van der Waals surface area contributed by atoms with Gasteiger partial charge in [0.15, 0.2) is 5.65 Å². The zero-order valence-electron chi connectivity index (χ0n) is 8.79. The predicted octanol–water partition coefficient (Wildman–Crippen LogP) is 1.95. The van der Waals surface area contributed by atoms with Crippen LogP contribution in [0, 0.1) is 11.6 Å². The van der Waals surface area contributed by atoms with Gasteiger partial charge in [0.25, 0.3) is 0 Å². The second-order valence-electron chi connectivity index (χ2n) is 3.37. The third-order valence-corrected chi connectivity index (χ3v) is 3.13. The maximum Gasteiger partial charge on any atom is 0.200 e. The maximum absolute atomic E-state index is 13.5. The van der Waals surface area contributed by atoms with Gasteiger partial charge in [-0.25, -0.2) is 8.78 Å². The molecule has 0 N–H and O–H groups in total. The van der Waals surface area contributed by atoms with Crippen LogP contribution in [0.1, 0.15) is 0 Å². The van der Waals surface area contributed by atoms with Gasteiger partial charge in [0.1, 0.15) is 16.7 Å². The van der Waals surface area contributed by atoms with Gasteiger partial charge in [0.2, 0.25) is 0 Å². The number of hydrogen-bond acceptors (Lipinski definition) is 5. The first-order valence-electron chi connectivity index (χ1n) is 4.91. The predicted molar refractivity (Wildman–Crippen MR) is 59.1 cm³/mol. The number of tetrazole rings is 1. The Kier molecular flexibility index (Phi) is 2.63. The van der Waals surface area contributed by atoms with Gasteiger partial charge in [-0.1, -0.05) is 11.8 Å². The fraction of sp³-hybridized carbons (Fsp3) is 0. The van der Waals surface area contributed by atoms with E-state index in [2.05, 4.69) is 20.6 Å². The Morgan fingerprint density at radius 3 is 2.83 bits per heavy atom. The summed E-state index contributed by atoms with van der Waals surface area (Å²) in [6.45, 7) is 0. The quantitative estimate of drug-likeness (QED) is 0.708. The molecule has 5 nitrogen and oxygen atoms in total. The minimum absolute atomic E-state index is 0.288. The standard InChI is InChI=1S/C10H5F2N5S/c11-6-1-2-8(7(12)5-6)18-10-4-3-9-13-15-16-17(9)14-10/h1-5H. The fourth-order valence-corrected chi connectivity index (χ4v) is 2.13. The summed E-state index contributed by atoms with van der Waals surface area (Å²) < 4.78 is 27.5. The maximum atomic E-state index is 13.5. The molecule has 0 aliphatic rings. The SMILES string of the molecule is Fc1ccc(Sc2ccc3nnnn3n2)c(F)c1. The van der Waals surface area contributed by atoms with Crippen molar-refractivity contribution in [3.05, 3.63) is 42.0 Å². The molecule has 0 unspecified atom stereocenters. The summed E-state index contributed by atoms with van der Waals surface area (Å²) >= 11 is 1.07. The van der Waals surface area contributed by atoms with E-state index in [9.17, 15) is 8.78 Å². The Hall–Kier alpha value is -2.09. The van der Waals surface area contributed by atoms with Crippen LogP contribution in [0.3, 0.4) is 0 Å². The Morgan fingerprint density at radius 2 is 2.00 bits per heavy atom. The largest absolute Gasteiger partial charge is 0.207 e. The van der Waals surface area contributed by atoms with Crippen molar-refractivity contribution < 1.29 is 8.78 Å². The molecule has 2 aromatic heterocycles. The lowest BCUT2D eigenvalue weighted by molar-refractivity contribution is 0.565. The highest BCUT2D eigenvalue weighted by Gasteiger charge is 2.08. The lowest BCUT2D eigenvalue weighted by Crippen LogP contribution is -1.95. The zero-order valence-corrected chi connectivity index (χ0v) is 9.60. The summed E-state index contributed by atoms with van der Waals surface area (Å²) in [6, 6.07) is 6.72. The molecule has 0 radical (unpaired) electrons. The van der Waals surface area contributed by atoms with E-state index in [4.69, 9.17) is 0 Å². The van der Waals surface area contributed by atoms with E-state index in [-0.39, 0.29) is 4.90 Å². The van der Waals surface area contributed by atoms with Gasteiger partial charge in [-0.05, 0) is 34.7 Å². The number of halogens is 2. The number of nitrogens with zero attached hydrogens (tertiary/aromatic N) is 5. The summed E-state index contributed by atoms with van der Waals surface area (Å²) in [7, 11) is 0. The number of fused-ring (bicyclic) bond motifs is 1. The first-order valence-corrected chi connectivity index (χ1v) is 5.72. The molecule has 0 amide bonds. The second kappa shape index (κ2) is 4.30. The summed E-state index contributed by atoms with van der Waals surface area (Å²) in [5.41, 5.74) is 0.499. The van der Waals surface area contributed by atoms with Crippen LogP contribution in [0.25, 0.3) is 5.65 Å². The van der Waals surface area contributed by atoms with Gasteiger partial charge < -0.3 is 0 Å². The average Bonchev–Trinajstić information content (AvgIpc) is 2.80. The Bertz CT molecular complexity index is 714. The van der Waals surface area contributed by atoms with Crippen LogP contribution in [-0.4, -0.2) is 25.3 Å². The van der Waals surface area contributed by atoms with Crippen molar-refractivity contribution in [2.45, 2.75) is 9.92 Å². The zero-order chi connectivity index (χ0) is 12.5. The van der Waals surface area contributed by atoms with E-state index in [1.165, 1.54) is 16.8 Å². The molecule has 0 aliphatic carbocycles. The summed E-state index contributed by atoms with van der Waals surface area (Å²) in [5.74, 6) is -1.24. The molecule has 2 heterocycles. The Balaban J connectivity index is 1.95. The highest BCUT2D eigenvalue weighted by molar-refractivity contribution is 7.99. The first kappa shape index (κ1) is 11.0. The van der Waals surface area contributed by atoms with E-state index in [0.29, 0.717) is 10.7 Å². The van der Waals surface area contributed by atoms with Crippen molar-refractivity contribution in [3.8, 4) is 0 Å². The van der Waals surface area contributed by atoms with Crippen molar-refractivity contribution >= 4 is 17.4 Å². The minimum atomic E-state index is -0.626. The molecule has 0 atom stereocenters. The Morgan fingerprint density at radius 1 is 1.11 bits per heavy atom. The van der Waals surface area contributed by atoms with Gasteiger partial charge in [-0.3, -0.25) is 0 Å². The summed E-state index contributed by atoms with van der Waals surface area (Å²) in [4.78, 5) is 0.288. The van der Waals surface area contributed by atoms with Crippen LogP contribution in [0.5, 0.6) is 0 Å². The normalized spacial score (nSPS) is 11.0.